The Bertz CT molecular complexity index is 2950. The molecule has 3 N–H and O–H groups in total. The summed E-state index contributed by atoms with van der Waals surface area (Å²) in [6.07, 6.45) is 14.6. The first kappa shape index (κ1) is 55.1. The van der Waals surface area contributed by atoms with Crippen LogP contribution in [-0.4, -0.2) is 93.6 Å². The normalized spacial score (nSPS) is 24.2. The molecule has 4 amide bonds. The number of hydrogen-bond donors (Lipinski definition) is 3. The molecule has 0 radical (unpaired) electrons. The standard InChI is InChI=1S/C58H76F2N8O7S/c1-38-42-15-14-16-45(34-42)58(59,60)44-24-29-66(30-25-44)28-13-9-8-11-18-46(68-54-49(53(62-38)63-39(2)64-54)35-48(57(68)73)41-26-31-76(74,75)32-27-41)17-10-6-4-3-5-7-12-19-51(69)61-36-40-20-21-47-43(33-40)37-67(56(47)72)50-22-23-52(70)65-55(50)71/h14-16,20-21,33-35,38,41,44,46,50H,3-13,17-19,22-32,36-37H2,1-2H3,(H,61,69)(H,62,63,64)(H,65,70,71)/t38-,46?,50?/m1/s1. The Labute approximate surface area is 445 Å². The minimum absolute atomic E-state index is 0.0218. The van der Waals surface area contributed by atoms with E-state index >= 15 is 13.6 Å². The molecule has 0 aliphatic carbocycles. The van der Waals surface area contributed by atoms with Gasteiger partial charge in [-0.05, 0) is 132 Å². The van der Waals surface area contributed by atoms with Crippen molar-refractivity contribution in [2.45, 2.75) is 185 Å². The third kappa shape index (κ3) is 13.0. The van der Waals surface area contributed by atoms with Crippen molar-refractivity contribution in [3.8, 4) is 0 Å². The number of hydrogen-bond acceptors (Lipinski definition) is 11. The lowest BCUT2D eigenvalue weighted by Gasteiger charge is -2.36. The van der Waals surface area contributed by atoms with Crippen molar-refractivity contribution >= 4 is 50.3 Å². The second kappa shape index (κ2) is 24.4. The highest BCUT2D eigenvalue weighted by Gasteiger charge is 2.43. The van der Waals surface area contributed by atoms with Crippen LogP contribution in [0.2, 0.25) is 0 Å². The minimum atomic E-state index is -3.20. The van der Waals surface area contributed by atoms with E-state index in [1.807, 2.05) is 35.8 Å². The fourth-order valence-electron chi connectivity index (χ4n) is 12.4. The van der Waals surface area contributed by atoms with Crippen LogP contribution in [0.5, 0.6) is 0 Å². The number of aryl methyl sites for hydroxylation is 1. The van der Waals surface area contributed by atoms with Gasteiger partial charge in [-0.15, -0.1) is 0 Å². The van der Waals surface area contributed by atoms with Gasteiger partial charge < -0.3 is 20.4 Å². The SMILES string of the molecule is Cc1nc2c3cc(C4CCS(=O)(=O)CC4)c(=O)n(c3n1)C(CCCCCCCCCC(=O)NCc1ccc3c(c1)CN(C1CCC(=O)NC1=O)C3=O)CCCCCCN1CCC(CC1)C(F)(F)c1cccc(c1)[C@@H](C)N2. The number of unbranched alkanes of at least 4 members (excludes halogenated alkanes) is 6. The van der Waals surface area contributed by atoms with Gasteiger partial charge in [0.05, 0.1) is 16.9 Å². The number of amides is 4. The van der Waals surface area contributed by atoms with Crippen molar-refractivity contribution in [1.82, 2.24) is 35.0 Å². The molecule has 3 atom stereocenters. The molecule has 2 aromatic carbocycles. The van der Waals surface area contributed by atoms with Crippen LogP contribution in [0.1, 0.15) is 197 Å². The van der Waals surface area contributed by atoms with Gasteiger partial charge in [0.25, 0.3) is 17.4 Å². The van der Waals surface area contributed by atoms with Crippen molar-refractivity contribution in [3.05, 3.63) is 98.1 Å². The van der Waals surface area contributed by atoms with Crippen LogP contribution < -0.4 is 21.5 Å². The number of rotatable bonds is 14. The fraction of sp³-hybridized carbons (Fsp3) is 0.603. The third-order valence-corrected chi connectivity index (χ3v) is 18.6. The predicted molar refractivity (Wildman–Crippen MR) is 289 cm³/mol. The topological polar surface area (TPSA) is 193 Å². The average Bonchev–Trinajstić information content (AvgIpc) is 3.74. The Balaban J connectivity index is 0.837. The largest absolute Gasteiger partial charge is 0.363 e. The van der Waals surface area contributed by atoms with E-state index in [4.69, 9.17) is 9.97 Å². The zero-order valence-electron chi connectivity index (χ0n) is 44.4. The lowest BCUT2D eigenvalue weighted by Crippen LogP contribution is -2.52. The Morgan fingerprint density at radius 1 is 0.829 bits per heavy atom. The number of sulfone groups is 1. The number of benzene rings is 2. The summed E-state index contributed by atoms with van der Waals surface area (Å²) in [5.74, 6) is -3.94. The van der Waals surface area contributed by atoms with Gasteiger partial charge in [-0.25, -0.2) is 27.2 Å². The molecule has 4 aromatic rings. The molecule has 18 heteroatoms. The van der Waals surface area contributed by atoms with E-state index in [2.05, 4.69) is 20.9 Å². The zero-order valence-corrected chi connectivity index (χ0v) is 45.2. The molecular weight excluding hydrogens is 991 g/mol. The van der Waals surface area contributed by atoms with E-state index in [9.17, 15) is 27.6 Å². The molecule has 2 unspecified atom stereocenters. The van der Waals surface area contributed by atoms with Gasteiger partial charge in [0.1, 0.15) is 33.2 Å². The van der Waals surface area contributed by atoms with Gasteiger partial charge in [0.2, 0.25) is 17.7 Å². The molecule has 0 saturated carbocycles. The predicted octanol–water partition coefficient (Wildman–Crippen LogP) is 9.46. The number of anilines is 1. The minimum Gasteiger partial charge on any atom is -0.363 e. The Morgan fingerprint density at radius 2 is 1.57 bits per heavy atom. The summed E-state index contributed by atoms with van der Waals surface area (Å²) >= 11 is 0. The number of nitrogens with zero attached hydrogens (tertiary/aromatic N) is 5. The summed E-state index contributed by atoms with van der Waals surface area (Å²) in [6, 6.07) is 12.8. The molecule has 76 heavy (non-hydrogen) atoms. The van der Waals surface area contributed by atoms with E-state index in [0.29, 0.717) is 97.5 Å². The van der Waals surface area contributed by atoms with E-state index < -0.39 is 39.7 Å². The highest BCUT2D eigenvalue weighted by atomic mass is 32.2. The van der Waals surface area contributed by atoms with E-state index in [1.165, 1.54) is 11.0 Å². The number of alkyl halides is 2. The van der Waals surface area contributed by atoms with Crippen LogP contribution in [0.25, 0.3) is 11.0 Å². The van der Waals surface area contributed by atoms with Gasteiger partial charge in [0, 0.05) is 60.6 Å². The molecule has 0 spiro atoms. The van der Waals surface area contributed by atoms with E-state index in [-0.39, 0.29) is 65.3 Å². The Kier molecular flexibility index (Phi) is 17.7. The van der Waals surface area contributed by atoms with Crippen molar-refractivity contribution < 1.29 is 36.4 Å². The maximum atomic E-state index is 16.3. The number of carbonyl (C=O) groups excluding carboxylic acids is 4. The molecule has 8 heterocycles. The second-order valence-electron chi connectivity index (χ2n) is 22.3. The first-order valence-corrected chi connectivity index (χ1v) is 30.0. The Morgan fingerprint density at radius 3 is 2.33 bits per heavy atom. The summed E-state index contributed by atoms with van der Waals surface area (Å²) in [4.78, 5) is 78.8. The van der Waals surface area contributed by atoms with Gasteiger partial charge in [-0.3, -0.25) is 33.9 Å². The smallest absolute Gasteiger partial charge is 0.276 e. The second-order valence-corrected chi connectivity index (χ2v) is 24.6. The molecule has 3 saturated heterocycles. The maximum Gasteiger partial charge on any atom is 0.276 e. The molecular formula is C58H76F2N8O7S. The van der Waals surface area contributed by atoms with Crippen molar-refractivity contribution in [2.24, 2.45) is 5.92 Å². The molecule has 3 fully saturated rings. The summed E-state index contributed by atoms with van der Waals surface area (Å²) in [5, 5.41) is 9.56. The summed E-state index contributed by atoms with van der Waals surface area (Å²) in [7, 11) is -3.20. The number of piperidine rings is 2. The highest BCUT2D eigenvalue weighted by Crippen LogP contribution is 2.43. The summed E-state index contributed by atoms with van der Waals surface area (Å²) in [5.41, 5.74) is 3.92. The van der Waals surface area contributed by atoms with E-state index in [0.717, 1.165) is 101 Å². The summed E-state index contributed by atoms with van der Waals surface area (Å²) < 4.78 is 59.7. The van der Waals surface area contributed by atoms with Crippen molar-refractivity contribution in [3.63, 3.8) is 0 Å². The van der Waals surface area contributed by atoms with Crippen molar-refractivity contribution in [2.75, 3.05) is 36.5 Å². The van der Waals surface area contributed by atoms with Crippen LogP contribution in [0.3, 0.4) is 0 Å². The van der Waals surface area contributed by atoms with Crippen LogP contribution in [0.4, 0.5) is 14.6 Å². The first-order chi connectivity index (χ1) is 36.5. The van der Waals surface area contributed by atoms with Gasteiger partial charge in [0.15, 0.2) is 0 Å². The average molecular weight is 1070 g/mol. The molecule has 6 aliphatic heterocycles. The number of aromatic nitrogens is 3. The zero-order chi connectivity index (χ0) is 53.6. The molecule has 10 rings (SSSR count). The lowest BCUT2D eigenvalue weighted by atomic mass is 9.85. The van der Waals surface area contributed by atoms with Gasteiger partial charge in [-0.1, -0.05) is 88.1 Å². The third-order valence-electron chi connectivity index (χ3n) is 16.9. The molecule has 6 aliphatic rings. The monoisotopic (exact) mass is 1070 g/mol. The van der Waals surface area contributed by atoms with Crippen LogP contribution in [0.15, 0.2) is 53.3 Å². The lowest BCUT2D eigenvalue weighted by molar-refractivity contribution is -0.137. The molecule has 410 valence electrons. The molecule has 15 nitrogen and oxygen atoms in total. The fourth-order valence-corrected chi connectivity index (χ4v) is 13.9. The van der Waals surface area contributed by atoms with Crippen LogP contribution in [-0.2, 0) is 43.2 Å². The van der Waals surface area contributed by atoms with E-state index in [1.54, 1.807) is 25.1 Å². The maximum absolute atomic E-state index is 16.3. The quantitative estimate of drug-likeness (QED) is 0.0805. The number of fused-ring (bicyclic) bond motifs is 10. The number of pyridine rings is 1. The molecule has 2 aromatic heterocycles. The number of halogens is 2. The van der Waals surface area contributed by atoms with Crippen LogP contribution in [0, 0.1) is 12.8 Å². The highest BCUT2D eigenvalue weighted by molar-refractivity contribution is 7.91. The van der Waals surface area contributed by atoms with Gasteiger partial charge in [-0.2, -0.15) is 0 Å². The summed E-state index contributed by atoms with van der Waals surface area (Å²) in [6.45, 7) is 6.56. The van der Waals surface area contributed by atoms with Crippen molar-refractivity contribution in [1.29, 1.82) is 0 Å². The molecule has 8 bridgehead atoms. The number of nitrogens with one attached hydrogen (secondary N) is 3. The first-order valence-electron chi connectivity index (χ1n) is 28.2. The van der Waals surface area contributed by atoms with Gasteiger partial charge >= 0.3 is 0 Å². The Hall–Kier alpha value is -5.62. The number of imide groups is 1. The number of carbonyl (C=O) groups is 4. The van der Waals surface area contributed by atoms with Crippen LogP contribution >= 0.6 is 0 Å².